The Balaban J connectivity index is 4.28. The van der Waals surface area contributed by atoms with Crippen molar-refractivity contribution in [2.75, 3.05) is 27.2 Å². The van der Waals surface area contributed by atoms with Crippen LogP contribution in [-0.2, 0) is 4.79 Å². The predicted molar refractivity (Wildman–Crippen MR) is 91.2 cm³/mol. The van der Waals surface area contributed by atoms with Crippen molar-refractivity contribution in [3.8, 4) is 0 Å². The van der Waals surface area contributed by atoms with Crippen LogP contribution in [0.5, 0.6) is 0 Å². The fourth-order valence-electron chi connectivity index (χ4n) is 2.83. The minimum Gasteiger partial charge on any atom is -0.352 e. The first-order valence-corrected chi connectivity index (χ1v) is 8.40. The molecule has 1 amide bonds. The number of nitrogens with zero attached hydrogens (tertiary/aromatic N) is 1. The first-order valence-electron chi connectivity index (χ1n) is 8.40. The third kappa shape index (κ3) is 10.7. The molecule has 2 atom stereocenters. The summed E-state index contributed by atoms with van der Waals surface area (Å²) in [5.74, 6) is 1.92. The molecule has 0 fully saturated rings. The van der Waals surface area contributed by atoms with Crippen LogP contribution in [0.1, 0.15) is 53.4 Å². The van der Waals surface area contributed by atoms with E-state index in [1.807, 2.05) is 0 Å². The van der Waals surface area contributed by atoms with Crippen LogP contribution in [0.3, 0.4) is 0 Å². The molecular weight excluding hydrogens is 262 g/mol. The maximum absolute atomic E-state index is 12.2. The number of amides is 1. The van der Waals surface area contributed by atoms with Gasteiger partial charge >= 0.3 is 0 Å². The molecule has 3 N–H and O–H groups in total. The molecule has 0 aromatic heterocycles. The summed E-state index contributed by atoms with van der Waals surface area (Å²) in [6.45, 7) is 10.4. The summed E-state index contributed by atoms with van der Waals surface area (Å²) < 4.78 is 0. The standard InChI is InChI=1S/C17H37N3O/c1-13(2)11-16(12-20(5)6)19-17(21)8-7-15(9-10-18)14(3)4/h13-16H,7-12,18H2,1-6H3,(H,19,21). The summed E-state index contributed by atoms with van der Waals surface area (Å²) in [7, 11) is 4.10. The molecule has 0 aliphatic carbocycles. The maximum Gasteiger partial charge on any atom is 0.220 e. The summed E-state index contributed by atoms with van der Waals surface area (Å²) in [4.78, 5) is 14.3. The van der Waals surface area contributed by atoms with Crippen molar-refractivity contribution < 1.29 is 4.79 Å². The molecule has 0 heterocycles. The Morgan fingerprint density at radius 2 is 1.76 bits per heavy atom. The molecule has 0 aliphatic heterocycles. The van der Waals surface area contributed by atoms with E-state index in [0.717, 1.165) is 25.8 Å². The fourth-order valence-corrected chi connectivity index (χ4v) is 2.83. The lowest BCUT2D eigenvalue weighted by molar-refractivity contribution is -0.122. The lowest BCUT2D eigenvalue weighted by Gasteiger charge is -2.25. The summed E-state index contributed by atoms with van der Waals surface area (Å²) in [6, 6.07) is 0.250. The lowest BCUT2D eigenvalue weighted by atomic mass is 9.88. The van der Waals surface area contributed by atoms with Gasteiger partial charge in [-0.25, -0.2) is 0 Å². The highest BCUT2D eigenvalue weighted by atomic mass is 16.1. The van der Waals surface area contributed by atoms with Crippen molar-refractivity contribution in [3.05, 3.63) is 0 Å². The minimum atomic E-state index is 0.185. The van der Waals surface area contributed by atoms with E-state index in [9.17, 15) is 4.79 Å². The van der Waals surface area contributed by atoms with Crippen LogP contribution in [0, 0.1) is 17.8 Å². The van der Waals surface area contributed by atoms with Gasteiger partial charge in [0.15, 0.2) is 0 Å². The van der Waals surface area contributed by atoms with Gasteiger partial charge in [-0.2, -0.15) is 0 Å². The second-order valence-electron chi connectivity index (χ2n) is 7.28. The van der Waals surface area contributed by atoms with E-state index >= 15 is 0 Å². The van der Waals surface area contributed by atoms with Gasteiger partial charge in [0.1, 0.15) is 0 Å². The Labute approximate surface area is 131 Å². The van der Waals surface area contributed by atoms with E-state index < -0.39 is 0 Å². The van der Waals surface area contributed by atoms with Crippen LogP contribution < -0.4 is 11.1 Å². The van der Waals surface area contributed by atoms with Gasteiger partial charge < -0.3 is 16.0 Å². The second-order valence-corrected chi connectivity index (χ2v) is 7.28. The number of rotatable bonds is 11. The number of nitrogens with one attached hydrogen (secondary N) is 1. The first kappa shape index (κ1) is 20.4. The molecule has 0 bridgehead atoms. The van der Waals surface area contributed by atoms with Gasteiger partial charge in [0.05, 0.1) is 0 Å². The summed E-state index contributed by atoms with van der Waals surface area (Å²) in [6.07, 6.45) is 3.60. The molecule has 0 aromatic rings. The zero-order chi connectivity index (χ0) is 16.4. The highest BCUT2D eigenvalue weighted by Crippen LogP contribution is 2.20. The van der Waals surface area contributed by atoms with Gasteiger partial charge in [-0.1, -0.05) is 27.7 Å². The molecule has 0 rings (SSSR count). The van der Waals surface area contributed by atoms with Crippen molar-refractivity contribution in [3.63, 3.8) is 0 Å². The van der Waals surface area contributed by atoms with E-state index in [4.69, 9.17) is 5.73 Å². The maximum atomic E-state index is 12.2. The van der Waals surface area contributed by atoms with E-state index in [2.05, 4.69) is 52.0 Å². The highest BCUT2D eigenvalue weighted by Gasteiger charge is 2.18. The molecule has 126 valence electrons. The number of nitrogens with two attached hydrogens (primary N) is 1. The Morgan fingerprint density at radius 3 is 2.19 bits per heavy atom. The largest absolute Gasteiger partial charge is 0.352 e. The fraction of sp³-hybridized carbons (Fsp3) is 0.941. The first-order chi connectivity index (χ1) is 9.76. The van der Waals surface area contributed by atoms with Crippen LogP contribution in [0.4, 0.5) is 0 Å². The Morgan fingerprint density at radius 1 is 1.14 bits per heavy atom. The average Bonchev–Trinajstić information content (AvgIpc) is 2.32. The number of hydrogen-bond acceptors (Lipinski definition) is 3. The van der Waals surface area contributed by atoms with Crippen molar-refractivity contribution in [1.82, 2.24) is 10.2 Å². The van der Waals surface area contributed by atoms with Crippen molar-refractivity contribution in [2.24, 2.45) is 23.5 Å². The summed E-state index contributed by atoms with van der Waals surface area (Å²) in [5.41, 5.74) is 5.66. The molecule has 21 heavy (non-hydrogen) atoms. The molecule has 4 heteroatoms. The van der Waals surface area contributed by atoms with Crippen molar-refractivity contribution in [2.45, 2.75) is 59.4 Å². The molecular formula is C17H37N3O. The molecule has 0 radical (unpaired) electrons. The summed E-state index contributed by atoms with van der Waals surface area (Å²) in [5, 5.41) is 3.20. The van der Waals surface area contributed by atoms with Crippen LogP contribution >= 0.6 is 0 Å². The third-order valence-electron chi connectivity index (χ3n) is 3.93. The Hall–Kier alpha value is -0.610. The quantitative estimate of drug-likeness (QED) is 0.616. The number of carbonyl (C=O) groups is 1. The van der Waals surface area contributed by atoms with E-state index in [-0.39, 0.29) is 11.9 Å². The molecule has 0 spiro atoms. The zero-order valence-corrected chi connectivity index (χ0v) is 15.0. The molecule has 0 saturated carbocycles. The van der Waals surface area contributed by atoms with Gasteiger partial charge in [-0.05, 0) is 57.7 Å². The SMILES string of the molecule is CC(C)CC(CN(C)C)NC(=O)CCC(CCN)C(C)C. The van der Waals surface area contributed by atoms with Gasteiger partial charge in [0, 0.05) is 19.0 Å². The average molecular weight is 300 g/mol. The smallest absolute Gasteiger partial charge is 0.220 e. The van der Waals surface area contributed by atoms with Crippen LogP contribution in [-0.4, -0.2) is 44.0 Å². The molecule has 2 unspecified atom stereocenters. The number of carbonyl (C=O) groups excluding carboxylic acids is 1. The number of likely N-dealkylation sites (N-methyl/N-ethyl adjacent to an activating group) is 1. The van der Waals surface area contributed by atoms with Crippen molar-refractivity contribution >= 4 is 5.91 Å². The molecule has 0 aliphatic rings. The normalized spacial score (nSPS) is 14.8. The molecule has 0 aromatic carbocycles. The summed E-state index contributed by atoms with van der Waals surface area (Å²) >= 11 is 0. The number of hydrogen-bond donors (Lipinski definition) is 2. The Kier molecular flexibility index (Phi) is 10.7. The van der Waals surface area contributed by atoms with E-state index in [1.54, 1.807) is 0 Å². The van der Waals surface area contributed by atoms with Gasteiger partial charge in [-0.3, -0.25) is 4.79 Å². The Bertz CT molecular complexity index is 267. The zero-order valence-electron chi connectivity index (χ0n) is 15.0. The van der Waals surface area contributed by atoms with Gasteiger partial charge in [0.25, 0.3) is 0 Å². The minimum absolute atomic E-state index is 0.185. The third-order valence-corrected chi connectivity index (χ3v) is 3.93. The molecule has 0 saturated heterocycles. The van der Waals surface area contributed by atoms with Crippen LogP contribution in [0.15, 0.2) is 0 Å². The van der Waals surface area contributed by atoms with Gasteiger partial charge in [0.2, 0.25) is 5.91 Å². The monoisotopic (exact) mass is 299 g/mol. The van der Waals surface area contributed by atoms with Crippen LogP contribution in [0.25, 0.3) is 0 Å². The lowest BCUT2D eigenvalue weighted by Crippen LogP contribution is -2.42. The van der Waals surface area contributed by atoms with E-state index in [0.29, 0.717) is 30.7 Å². The van der Waals surface area contributed by atoms with Crippen molar-refractivity contribution in [1.29, 1.82) is 0 Å². The topological polar surface area (TPSA) is 58.4 Å². The van der Waals surface area contributed by atoms with E-state index in [1.165, 1.54) is 0 Å². The van der Waals surface area contributed by atoms with Gasteiger partial charge in [-0.15, -0.1) is 0 Å². The predicted octanol–water partition coefficient (Wildman–Crippen LogP) is 2.48. The highest BCUT2D eigenvalue weighted by molar-refractivity contribution is 5.76. The van der Waals surface area contributed by atoms with Crippen LogP contribution in [0.2, 0.25) is 0 Å². The second kappa shape index (κ2) is 11.0. The molecule has 4 nitrogen and oxygen atoms in total.